The Kier molecular flexibility index (Phi) is 5.16. The lowest BCUT2D eigenvalue weighted by Crippen LogP contribution is -2.13. The molecule has 0 saturated heterocycles. The van der Waals surface area contributed by atoms with E-state index >= 15 is 0 Å². The van der Waals surface area contributed by atoms with Crippen molar-refractivity contribution in [3.05, 3.63) is 59.2 Å². The summed E-state index contributed by atoms with van der Waals surface area (Å²) >= 11 is 0. The number of nitrogens with zero attached hydrogens (tertiary/aromatic N) is 1. The van der Waals surface area contributed by atoms with E-state index in [-0.39, 0.29) is 5.91 Å². The zero-order valence-electron chi connectivity index (χ0n) is 12.7. The largest absolute Gasteiger partial charge is 0.495 e. The van der Waals surface area contributed by atoms with Gasteiger partial charge in [-0.05, 0) is 48.7 Å². The van der Waals surface area contributed by atoms with E-state index in [2.05, 4.69) is 11.4 Å². The second-order valence-corrected chi connectivity index (χ2v) is 5.06. The zero-order valence-corrected chi connectivity index (χ0v) is 12.7. The molecule has 1 N–H and O–H groups in total. The lowest BCUT2D eigenvalue weighted by molar-refractivity contribution is -0.116. The van der Waals surface area contributed by atoms with Crippen LogP contribution in [0.15, 0.2) is 42.5 Å². The predicted molar refractivity (Wildman–Crippen MR) is 85.8 cm³/mol. The van der Waals surface area contributed by atoms with Crippen molar-refractivity contribution < 1.29 is 9.53 Å². The van der Waals surface area contributed by atoms with Crippen molar-refractivity contribution in [3.8, 4) is 11.8 Å². The molecule has 0 aliphatic rings. The average molecular weight is 294 g/mol. The van der Waals surface area contributed by atoms with E-state index in [0.717, 1.165) is 11.1 Å². The third-order valence-corrected chi connectivity index (χ3v) is 3.35. The van der Waals surface area contributed by atoms with E-state index in [4.69, 9.17) is 10.00 Å². The highest BCUT2D eigenvalue weighted by molar-refractivity contribution is 5.92. The summed E-state index contributed by atoms with van der Waals surface area (Å²) in [5, 5.41) is 11.6. The molecule has 1 amide bonds. The number of ether oxygens (including phenoxy) is 1. The summed E-state index contributed by atoms with van der Waals surface area (Å²) in [6, 6.07) is 15.0. The fraction of sp³-hybridized carbons (Fsp3) is 0.222. The van der Waals surface area contributed by atoms with Crippen molar-refractivity contribution in [2.24, 2.45) is 0 Å². The molecule has 2 aromatic carbocycles. The fourth-order valence-electron chi connectivity index (χ4n) is 2.14. The van der Waals surface area contributed by atoms with Gasteiger partial charge in [0.1, 0.15) is 5.75 Å². The van der Waals surface area contributed by atoms with Crippen LogP contribution >= 0.6 is 0 Å². The van der Waals surface area contributed by atoms with Crippen LogP contribution in [-0.2, 0) is 11.2 Å². The van der Waals surface area contributed by atoms with Crippen LogP contribution in [0.5, 0.6) is 5.75 Å². The summed E-state index contributed by atoms with van der Waals surface area (Å²) in [5.41, 5.74) is 3.40. The molecular formula is C18H18N2O2. The van der Waals surface area contributed by atoms with Gasteiger partial charge in [0.05, 0.1) is 24.4 Å². The molecule has 0 fully saturated rings. The van der Waals surface area contributed by atoms with Gasteiger partial charge in [0.15, 0.2) is 0 Å². The molecule has 2 rings (SSSR count). The maximum atomic E-state index is 12.1. The number of benzene rings is 2. The summed E-state index contributed by atoms with van der Waals surface area (Å²) in [7, 11) is 1.58. The van der Waals surface area contributed by atoms with Crippen LogP contribution in [0.4, 0.5) is 5.69 Å². The molecule has 0 saturated carbocycles. The molecule has 0 aliphatic carbocycles. The second-order valence-electron chi connectivity index (χ2n) is 5.06. The van der Waals surface area contributed by atoms with Gasteiger partial charge >= 0.3 is 0 Å². The number of hydrogen-bond acceptors (Lipinski definition) is 3. The maximum Gasteiger partial charge on any atom is 0.224 e. The van der Waals surface area contributed by atoms with Gasteiger partial charge in [-0.15, -0.1) is 0 Å². The highest BCUT2D eigenvalue weighted by Gasteiger charge is 2.08. The Balaban J connectivity index is 1.95. The van der Waals surface area contributed by atoms with E-state index < -0.39 is 0 Å². The van der Waals surface area contributed by atoms with Gasteiger partial charge < -0.3 is 10.1 Å². The zero-order chi connectivity index (χ0) is 15.9. The van der Waals surface area contributed by atoms with Crippen LogP contribution in [-0.4, -0.2) is 13.0 Å². The van der Waals surface area contributed by atoms with Gasteiger partial charge in [-0.25, -0.2) is 0 Å². The van der Waals surface area contributed by atoms with Crippen LogP contribution in [0, 0.1) is 18.3 Å². The van der Waals surface area contributed by atoms with Crippen LogP contribution in [0.1, 0.15) is 23.1 Å². The van der Waals surface area contributed by atoms with Gasteiger partial charge in [-0.3, -0.25) is 4.79 Å². The van der Waals surface area contributed by atoms with Crippen molar-refractivity contribution in [1.29, 1.82) is 5.26 Å². The number of methoxy groups -OCH3 is 1. The highest BCUT2D eigenvalue weighted by atomic mass is 16.5. The van der Waals surface area contributed by atoms with Crippen LogP contribution in [0.25, 0.3) is 0 Å². The summed E-state index contributed by atoms with van der Waals surface area (Å²) < 4.78 is 5.24. The number of nitriles is 1. The highest BCUT2D eigenvalue weighted by Crippen LogP contribution is 2.25. The number of aryl methyl sites for hydroxylation is 2. The van der Waals surface area contributed by atoms with Crippen molar-refractivity contribution in [2.75, 3.05) is 12.4 Å². The van der Waals surface area contributed by atoms with Crippen molar-refractivity contribution in [3.63, 3.8) is 0 Å². The van der Waals surface area contributed by atoms with Gasteiger partial charge in [0, 0.05) is 6.42 Å². The molecule has 22 heavy (non-hydrogen) atoms. The van der Waals surface area contributed by atoms with Crippen molar-refractivity contribution in [2.45, 2.75) is 19.8 Å². The Bertz CT molecular complexity index is 700. The van der Waals surface area contributed by atoms with Crippen LogP contribution in [0.3, 0.4) is 0 Å². The van der Waals surface area contributed by atoms with E-state index in [0.29, 0.717) is 29.8 Å². The molecule has 112 valence electrons. The molecule has 4 nitrogen and oxygen atoms in total. The van der Waals surface area contributed by atoms with Gasteiger partial charge in [0.2, 0.25) is 5.91 Å². The first-order valence-corrected chi connectivity index (χ1v) is 7.06. The van der Waals surface area contributed by atoms with Crippen molar-refractivity contribution in [1.82, 2.24) is 0 Å². The first-order chi connectivity index (χ1) is 10.6. The predicted octanol–water partition coefficient (Wildman–Crippen LogP) is 3.45. The molecule has 0 spiro atoms. The summed E-state index contributed by atoms with van der Waals surface area (Å²) in [6.07, 6.45) is 1.01. The standard InChI is InChI=1S/C18H18N2O2/c1-13-3-9-17(22-2)16(11-13)20-18(21)10-8-14-4-6-15(12-19)7-5-14/h3-7,9,11H,8,10H2,1-2H3,(H,20,21). The average Bonchev–Trinajstić information content (AvgIpc) is 2.53. The number of anilines is 1. The van der Waals surface area contributed by atoms with E-state index in [1.54, 1.807) is 19.2 Å². The summed E-state index contributed by atoms with van der Waals surface area (Å²) in [4.78, 5) is 12.1. The second kappa shape index (κ2) is 7.28. The summed E-state index contributed by atoms with van der Waals surface area (Å²) in [5.74, 6) is 0.589. The fourth-order valence-corrected chi connectivity index (χ4v) is 2.14. The molecular weight excluding hydrogens is 276 g/mol. The molecule has 0 bridgehead atoms. The monoisotopic (exact) mass is 294 g/mol. The third kappa shape index (κ3) is 4.10. The van der Waals surface area contributed by atoms with Crippen LogP contribution < -0.4 is 10.1 Å². The minimum Gasteiger partial charge on any atom is -0.495 e. The molecule has 0 unspecified atom stereocenters. The van der Waals surface area contributed by atoms with Crippen molar-refractivity contribution >= 4 is 11.6 Å². The number of carbonyl (C=O) groups excluding carboxylic acids is 1. The lowest BCUT2D eigenvalue weighted by Gasteiger charge is -2.11. The number of hydrogen-bond donors (Lipinski definition) is 1. The normalized spacial score (nSPS) is 9.86. The quantitative estimate of drug-likeness (QED) is 0.918. The molecule has 0 radical (unpaired) electrons. The van der Waals surface area contributed by atoms with E-state index in [9.17, 15) is 4.79 Å². The SMILES string of the molecule is COc1ccc(C)cc1NC(=O)CCc1ccc(C#N)cc1. The Labute approximate surface area is 130 Å². The molecule has 4 heteroatoms. The van der Waals surface area contributed by atoms with Gasteiger partial charge in [0.25, 0.3) is 0 Å². The smallest absolute Gasteiger partial charge is 0.224 e. The molecule has 0 aliphatic heterocycles. The van der Waals surface area contributed by atoms with Gasteiger partial charge in [-0.2, -0.15) is 5.26 Å². The first-order valence-electron chi connectivity index (χ1n) is 7.06. The number of carbonyl (C=O) groups is 1. The molecule has 2 aromatic rings. The minimum absolute atomic E-state index is 0.0618. The lowest BCUT2D eigenvalue weighted by atomic mass is 10.1. The molecule has 0 heterocycles. The molecule has 0 atom stereocenters. The molecule has 0 aromatic heterocycles. The Hall–Kier alpha value is -2.80. The van der Waals surface area contributed by atoms with E-state index in [1.807, 2.05) is 37.3 Å². The Morgan fingerprint density at radius 2 is 1.95 bits per heavy atom. The Morgan fingerprint density at radius 1 is 1.23 bits per heavy atom. The Morgan fingerprint density at radius 3 is 2.59 bits per heavy atom. The summed E-state index contributed by atoms with van der Waals surface area (Å²) in [6.45, 7) is 1.96. The number of rotatable bonds is 5. The topological polar surface area (TPSA) is 62.1 Å². The van der Waals surface area contributed by atoms with Gasteiger partial charge in [-0.1, -0.05) is 18.2 Å². The number of amides is 1. The minimum atomic E-state index is -0.0618. The van der Waals surface area contributed by atoms with E-state index in [1.165, 1.54) is 0 Å². The number of nitrogens with one attached hydrogen (secondary N) is 1. The first kappa shape index (κ1) is 15.6. The third-order valence-electron chi connectivity index (χ3n) is 3.35. The maximum absolute atomic E-state index is 12.1. The van der Waals surface area contributed by atoms with Crippen LogP contribution in [0.2, 0.25) is 0 Å².